The number of nitrogens with one attached hydrogen (secondary N) is 1. The van der Waals surface area contributed by atoms with Crippen LogP contribution in [-0.2, 0) is 6.42 Å². The molecule has 0 atom stereocenters. The number of rotatable bonds is 2. The first kappa shape index (κ1) is 13.1. The standard InChI is InChI=1S/C16H16BrN3O/c1-21-14-7-10-9-4-6-19-16(12-3-2-5-18-12)15(9)20-13(10)8-11(14)17/h7-8,20H,2-6H2,1H3. The molecule has 2 aromatic rings. The molecule has 0 unspecified atom stereocenters. The summed E-state index contributed by atoms with van der Waals surface area (Å²) in [4.78, 5) is 12.9. The van der Waals surface area contributed by atoms with E-state index in [4.69, 9.17) is 9.73 Å². The molecule has 4 rings (SSSR count). The van der Waals surface area contributed by atoms with Gasteiger partial charge in [0.15, 0.2) is 0 Å². The molecule has 2 aliphatic rings. The van der Waals surface area contributed by atoms with Gasteiger partial charge in [-0.15, -0.1) is 0 Å². The Hall–Kier alpha value is -1.62. The van der Waals surface area contributed by atoms with E-state index in [0.29, 0.717) is 0 Å². The maximum atomic E-state index is 5.43. The summed E-state index contributed by atoms with van der Waals surface area (Å²) < 4.78 is 6.39. The summed E-state index contributed by atoms with van der Waals surface area (Å²) in [6, 6.07) is 4.19. The number of aliphatic imine (C=N–C) groups is 2. The molecule has 108 valence electrons. The number of nitrogens with zero attached hydrogens (tertiary/aromatic N) is 2. The van der Waals surface area contributed by atoms with E-state index in [-0.39, 0.29) is 0 Å². The van der Waals surface area contributed by atoms with Crippen LogP contribution in [0.2, 0.25) is 0 Å². The van der Waals surface area contributed by atoms with Crippen LogP contribution in [0.3, 0.4) is 0 Å². The van der Waals surface area contributed by atoms with Crippen LogP contribution in [0, 0.1) is 0 Å². The van der Waals surface area contributed by atoms with E-state index in [2.05, 4.69) is 38.0 Å². The third-order valence-corrected chi connectivity index (χ3v) is 4.81. The maximum absolute atomic E-state index is 5.43. The van der Waals surface area contributed by atoms with Crippen molar-refractivity contribution in [3.63, 3.8) is 0 Å². The van der Waals surface area contributed by atoms with Crippen molar-refractivity contribution < 1.29 is 4.74 Å². The number of hydrogen-bond donors (Lipinski definition) is 1. The van der Waals surface area contributed by atoms with Gasteiger partial charge >= 0.3 is 0 Å². The van der Waals surface area contributed by atoms with Gasteiger partial charge in [-0.2, -0.15) is 0 Å². The molecule has 5 heteroatoms. The summed E-state index contributed by atoms with van der Waals surface area (Å²) in [5.41, 5.74) is 5.85. The largest absolute Gasteiger partial charge is 0.496 e. The molecule has 2 aliphatic heterocycles. The topological polar surface area (TPSA) is 49.7 Å². The first-order chi connectivity index (χ1) is 10.3. The van der Waals surface area contributed by atoms with Gasteiger partial charge in [-0.25, -0.2) is 0 Å². The predicted octanol–water partition coefficient (Wildman–Crippen LogP) is 3.52. The SMILES string of the molecule is COc1cc2c3c([nH]c2cc1Br)C(C1=NCCC1)=NCC3. The van der Waals surface area contributed by atoms with Crippen LogP contribution < -0.4 is 4.74 Å². The van der Waals surface area contributed by atoms with Crippen molar-refractivity contribution in [2.75, 3.05) is 20.2 Å². The number of hydrogen-bond acceptors (Lipinski definition) is 3. The zero-order valence-corrected chi connectivity index (χ0v) is 13.5. The van der Waals surface area contributed by atoms with Crippen LogP contribution in [0.4, 0.5) is 0 Å². The van der Waals surface area contributed by atoms with E-state index >= 15 is 0 Å². The molecule has 0 spiro atoms. The minimum absolute atomic E-state index is 0.840. The highest BCUT2D eigenvalue weighted by Crippen LogP contribution is 2.35. The van der Waals surface area contributed by atoms with Gasteiger partial charge in [-0.3, -0.25) is 9.98 Å². The smallest absolute Gasteiger partial charge is 0.133 e. The van der Waals surface area contributed by atoms with Crippen molar-refractivity contribution in [3.8, 4) is 5.75 Å². The number of benzene rings is 1. The van der Waals surface area contributed by atoms with Crippen LogP contribution in [0.25, 0.3) is 10.9 Å². The van der Waals surface area contributed by atoms with Crippen LogP contribution in [0.1, 0.15) is 24.1 Å². The Balaban J connectivity index is 1.91. The highest BCUT2D eigenvalue weighted by molar-refractivity contribution is 9.10. The Morgan fingerprint density at radius 1 is 1.19 bits per heavy atom. The molecule has 0 saturated heterocycles. The number of methoxy groups -OCH3 is 1. The lowest BCUT2D eigenvalue weighted by Crippen LogP contribution is -2.20. The summed E-state index contributed by atoms with van der Waals surface area (Å²) in [5, 5.41) is 1.23. The Bertz CT molecular complexity index is 788. The van der Waals surface area contributed by atoms with Gasteiger partial charge in [-0.1, -0.05) is 0 Å². The Morgan fingerprint density at radius 2 is 2.10 bits per heavy atom. The van der Waals surface area contributed by atoms with Crippen molar-refractivity contribution in [2.45, 2.75) is 19.3 Å². The lowest BCUT2D eigenvalue weighted by Gasteiger charge is -2.13. The lowest BCUT2D eigenvalue weighted by molar-refractivity contribution is 0.413. The lowest BCUT2D eigenvalue weighted by atomic mass is 9.99. The van der Waals surface area contributed by atoms with Gasteiger partial charge < -0.3 is 9.72 Å². The Morgan fingerprint density at radius 3 is 2.86 bits per heavy atom. The molecule has 0 radical (unpaired) electrons. The number of aromatic amines is 1. The number of ether oxygens (including phenoxy) is 1. The van der Waals surface area contributed by atoms with Crippen LogP contribution >= 0.6 is 15.9 Å². The molecular formula is C16H16BrN3O. The second kappa shape index (κ2) is 4.98. The molecule has 0 amide bonds. The van der Waals surface area contributed by atoms with Gasteiger partial charge in [0.05, 0.1) is 23.0 Å². The molecule has 21 heavy (non-hydrogen) atoms. The van der Waals surface area contributed by atoms with E-state index in [1.54, 1.807) is 7.11 Å². The highest BCUT2D eigenvalue weighted by Gasteiger charge is 2.24. The molecule has 1 aromatic heterocycles. The van der Waals surface area contributed by atoms with Crippen molar-refractivity contribution in [1.29, 1.82) is 0 Å². The van der Waals surface area contributed by atoms with Gasteiger partial charge in [0, 0.05) is 24.0 Å². The minimum atomic E-state index is 0.840. The fraction of sp³-hybridized carbons (Fsp3) is 0.375. The van der Waals surface area contributed by atoms with Crippen LogP contribution in [-0.4, -0.2) is 36.6 Å². The molecule has 3 heterocycles. The summed E-state index contributed by atoms with van der Waals surface area (Å²) in [5.74, 6) is 0.867. The first-order valence-electron chi connectivity index (χ1n) is 7.24. The molecule has 0 aliphatic carbocycles. The monoisotopic (exact) mass is 345 g/mol. The molecule has 1 N–H and O–H groups in total. The zero-order valence-electron chi connectivity index (χ0n) is 11.9. The third kappa shape index (κ3) is 2.02. The summed E-state index contributed by atoms with van der Waals surface area (Å²) >= 11 is 3.55. The summed E-state index contributed by atoms with van der Waals surface area (Å²) in [6.07, 6.45) is 3.15. The molecule has 4 nitrogen and oxygen atoms in total. The number of fused-ring (bicyclic) bond motifs is 3. The Labute approximate surface area is 131 Å². The normalized spacial score (nSPS) is 17.6. The van der Waals surface area contributed by atoms with Crippen molar-refractivity contribution >= 4 is 38.3 Å². The summed E-state index contributed by atoms with van der Waals surface area (Å²) in [6.45, 7) is 1.77. The molecular weight excluding hydrogens is 330 g/mol. The van der Waals surface area contributed by atoms with Crippen molar-refractivity contribution in [1.82, 2.24) is 4.98 Å². The van der Waals surface area contributed by atoms with Crippen LogP contribution in [0.5, 0.6) is 5.75 Å². The minimum Gasteiger partial charge on any atom is -0.496 e. The summed E-state index contributed by atoms with van der Waals surface area (Å²) in [7, 11) is 1.70. The van der Waals surface area contributed by atoms with Crippen LogP contribution in [0.15, 0.2) is 26.6 Å². The molecule has 0 saturated carbocycles. The quantitative estimate of drug-likeness (QED) is 0.889. The first-order valence-corrected chi connectivity index (χ1v) is 8.04. The molecule has 1 aromatic carbocycles. The molecule has 0 fully saturated rings. The average Bonchev–Trinajstić information content (AvgIpc) is 3.13. The molecule has 0 bridgehead atoms. The zero-order chi connectivity index (χ0) is 14.4. The van der Waals surface area contributed by atoms with E-state index < -0.39 is 0 Å². The van der Waals surface area contributed by atoms with Crippen molar-refractivity contribution in [2.24, 2.45) is 9.98 Å². The number of H-pyrrole nitrogens is 1. The Kier molecular flexibility index (Phi) is 3.10. The fourth-order valence-electron chi connectivity index (χ4n) is 3.20. The van der Waals surface area contributed by atoms with E-state index in [1.165, 1.54) is 10.9 Å². The van der Waals surface area contributed by atoms with E-state index in [0.717, 1.165) is 65.2 Å². The van der Waals surface area contributed by atoms with E-state index in [9.17, 15) is 0 Å². The number of halogens is 1. The third-order valence-electron chi connectivity index (χ3n) is 4.19. The average molecular weight is 346 g/mol. The van der Waals surface area contributed by atoms with Crippen molar-refractivity contribution in [3.05, 3.63) is 27.9 Å². The van der Waals surface area contributed by atoms with Gasteiger partial charge in [0.2, 0.25) is 0 Å². The predicted molar refractivity (Wildman–Crippen MR) is 89.2 cm³/mol. The second-order valence-corrected chi connectivity index (χ2v) is 6.28. The maximum Gasteiger partial charge on any atom is 0.133 e. The van der Waals surface area contributed by atoms with E-state index in [1.807, 2.05) is 0 Å². The number of aromatic nitrogens is 1. The van der Waals surface area contributed by atoms with Gasteiger partial charge in [0.25, 0.3) is 0 Å². The second-order valence-electron chi connectivity index (χ2n) is 5.42. The van der Waals surface area contributed by atoms with Gasteiger partial charge in [0.1, 0.15) is 11.5 Å². The van der Waals surface area contributed by atoms with Gasteiger partial charge in [-0.05, 0) is 52.9 Å². The highest BCUT2D eigenvalue weighted by atomic mass is 79.9. The fourth-order valence-corrected chi connectivity index (χ4v) is 3.70.